The Hall–Kier alpha value is -4.00. The van der Waals surface area contributed by atoms with E-state index in [0.717, 1.165) is 5.56 Å². The van der Waals surface area contributed by atoms with E-state index in [1.165, 1.54) is 0 Å². The van der Waals surface area contributed by atoms with E-state index >= 15 is 0 Å². The number of nitrogens with one attached hydrogen (secondary N) is 6. The molecule has 1 aromatic rings. The summed E-state index contributed by atoms with van der Waals surface area (Å²) in [5, 5.41) is 26.5. The van der Waals surface area contributed by atoms with Gasteiger partial charge in [-0.1, -0.05) is 91.6 Å². The summed E-state index contributed by atoms with van der Waals surface area (Å²) in [6, 6.07) is 6.38. The van der Waals surface area contributed by atoms with E-state index in [9.17, 15) is 28.8 Å². The lowest BCUT2D eigenvalue weighted by Crippen LogP contribution is -2.58. The molecule has 0 heterocycles. The number of carbonyl (C=O) groups is 6. The van der Waals surface area contributed by atoms with E-state index in [2.05, 4.69) is 31.9 Å². The molecule has 0 saturated heterocycles. The molecule has 1 rings (SSSR count). The highest BCUT2D eigenvalue weighted by Crippen LogP contribution is 2.12. The number of hydrogen-bond acceptors (Lipinski definition) is 7. The monoisotopic (exact) mass is 716 g/mol. The number of amides is 5. The summed E-state index contributed by atoms with van der Waals surface area (Å²) in [6.07, 6.45) is 2.88. The summed E-state index contributed by atoms with van der Waals surface area (Å²) >= 11 is 0. The van der Waals surface area contributed by atoms with Gasteiger partial charge in [0.15, 0.2) is 0 Å². The second kappa shape index (κ2) is 24.2. The van der Waals surface area contributed by atoms with Crippen LogP contribution in [0, 0.1) is 17.8 Å². The Morgan fingerprint density at radius 3 is 1.98 bits per heavy atom. The molecule has 0 bridgehead atoms. The first-order chi connectivity index (χ1) is 24.1. The molecule has 6 atom stereocenters. The molecular weight excluding hydrogens is 652 g/mol. The fourth-order valence-corrected chi connectivity index (χ4v) is 5.54. The van der Waals surface area contributed by atoms with Crippen molar-refractivity contribution >= 4 is 35.5 Å². The first kappa shape index (κ1) is 45.0. The van der Waals surface area contributed by atoms with Crippen LogP contribution < -0.4 is 31.9 Å². The first-order valence-electron chi connectivity index (χ1n) is 18.6. The maximum Gasteiger partial charge on any atom is 0.303 e. The van der Waals surface area contributed by atoms with Gasteiger partial charge in [0.05, 0.1) is 6.04 Å². The summed E-state index contributed by atoms with van der Waals surface area (Å²) in [5.41, 5.74) is 1.11. The van der Waals surface area contributed by atoms with Gasteiger partial charge >= 0.3 is 5.97 Å². The molecule has 7 N–H and O–H groups in total. The van der Waals surface area contributed by atoms with Crippen molar-refractivity contribution in [3.63, 3.8) is 0 Å². The molecule has 0 aliphatic heterocycles. The van der Waals surface area contributed by atoms with Gasteiger partial charge in [0.2, 0.25) is 29.5 Å². The van der Waals surface area contributed by atoms with Crippen molar-refractivity contribution in [2.24, 2.45) is 17.8 Å². The lowest BCUT2D eigenvalue weighted by molar-refractivity contribution is -0.137. The van der Waals surface area contributed by atoms with Crippen LogP contribution in [0.15, 0.2) is 30.3 Å². The summed E-state index contributed by atoms with van der Waals surface area (Å²) in [4.78, 5) is 76.5. The maximum absolute atomic E-state index is 13.6. The molecular formula is C38H64N6O7. The largest absolute Gasteiger partial charge is 0.481 e. The van der Waals surface area contributed by atoms with Gasteiger partial charge in [0.25, 0.3) is 0 Å². The van der Waals surface area contributed by atoms with E-state index in [0.29, 0.717) is 38.6 Å². The van der Waals surface area contributed by atoms with Crippen molar-refractivity contribution in [3.05, 3.63) is 35.9 Å². The predicted molar refractivity (Wildman–Crippen MR) is 198 cm³/mol. The van der Waals surface area contributed by atoms with Gasteiger partial charge in [-0.05, 0) is 55.9 Å². The Morgan fingerprint density at radius 2 is 1.41 bits per heavy atom. The molecule has 288 valence electrons. The SMILES string of the molecule is CCC[C@H](NC(=O)[C@@H](NC(=O)CCCC(=O)O)[C@@H](C)CC)C(=O)N[C@H](CN[C@@H](C)C(=O)N[C@H](C(=O)NCCc1ccccc1)C(C)C)CC(C)C. The number of aliphatic carboxylic acids is 1. The minimum atomic E-state index is -0.995. The molecule has 0 aliphatic carbocycles. The second-order valence-corrected chi connectivity index (χ2v) is 14.2. The summed E-state index contributed by atoms with van der Waals surface area (Å²) < 4.78 is 0. The minimum Gasteiger partial charge on any atom is -0.481 e. The third-order valence-corrected chi connectivity index (χ3v) is 8.79. The molecule has 51 heavy (non-hydrogen) atoms. The average Bonchev–Trinajstić information content (AvgIpc) is 3.07. The molecule has 0 saturated carbocycles. The van der Waals surface area contributed by atoms with Crippen LogP contribution in [0.25, 0.3) is 0 Å². The smallest absolute Gasteiger partial charge is 0.303 e. The normalized spacial score (nSPS) is 14.8. The topological polar surface area (TPSA) is 195 Å². The molecule has 0 aromatic heterocycles. The molecule has 1 aromatic carbocycles. The van der Waals surface area contributed by atoms with Crippen LogP contribution >= 0.6 is 0 Å². The number of carbonyl (C=O) groups excluding carboxylic acids is 5. The predicted octanol–water partition coefficient (Wildman–Crippen LogP) is 3.07. The van der Waals surface area contributed by atoms with Gasteiger partial charge in [0, 0.05) is 32.0 Å². The highest BCUT2D eigenvalue weighted by molar-refractivity contribution is 5.92. The Kier molecular flexibility index (Phi) is 21.4. The maximum atomic E-state index is 13.6. The molecule has 0 spiro atoms. The lowest BCUT2D eigenvalue weighted by atomic mass is 9.97. The van der Waals surface area contributed by atoms with Crippen LogP contribution in [0.3, 0.4) is 0 Å². The van der Waals surface area contributed by atoms with Crippen molar-refractivity contribution < 1.29 is 33.9 Å². The summed E-state index contributed by atoms with van der Waals surface area (Å²) in [5.74, 6) is -2.97. The summed E-state index contributed by atoms with van der Waals surface area (Å²) in [6.45, 7) is 15.9. The van der Waals surface area contributed by atoms with Gasteiger partial charge in [-0.25, -0.2) is 0 Å². The molecule has 5 amide bonds. The fraction of sp³-hybridized carbons (Fsp3) is 0.684. The quantitative estimate of drug-likeness (QED) is 0.0802. The van der Waals surface area contributed by atoms with Gasteiger partial charge in [-0.2, -0.15) is 0 Å². The van der Waals surface area contributed by atoms with Crippen LogP contribution in [0.2, 0.25) is 0 Å². The van der Waals surface area contributed by atoms with Crippen LogP contribution in [0.1, 0.15) is 106 Å². The Labute approximate surface area is 304 Å². The van der Waals surface area contributed by atoms with Crippen molar-refractivity contribution in [1.82, 2.24) is 31.9 Å². The molecule has 13 heteroatoms. The Morgan fingerprint density at radius 1 is 0.745 bits per heavy atom. The molecule has 0 aliphatic rings. The Balaban J connectivity index is 2.86. The second-order valence-electron chi connectivity index (χ2n) is 14.2. The van der Waals surface area contributed by atoms with E-state index in [4.69, 9.17) is 5.11 Å². The molecule has 13 nitrogen and oxygen atoms in total. The van der Waals surface area contributed by atoms with Gasteiger partial charge in [-0.15, -0.1) is 0 Å². The first-order valence-corrected chi connectivity index (χ1v) is 18.6. The molecule has 0 radical (unpaired) electrons. The van der Waals surface area contributed by atoms with Gasteiger partial charge in [-0.3, -0.25) is 28.8 Å². The van der Waals surface area contributed by atoms with Crippen LogP contribution in [0.5, 0.6) is 0 Å². The number of carboxylic acids is 1. The number of carboxylic acid groups (broad SMARTS) is 1. The Bertz CT molecular complexity index is 1240. The van der Waals surface area contributed by atoms with Crippen molar-refractivity contribution in [1.29, 1.82) is 0 Å². The van der Waals surface area contributed by atoms with Crippen LogP contribution in [-0.4, -0.2) is 83.9 Å². The van der Waals surface area contributed by atoms with E-state index in [1.54, 1.807) is 6.92 Å². The van der Waals surface area contributed by atoms with E-state index < -0.39 is 42.0 Å². The highest BCUT2D eigenvalue weighted by atomic mass is 16.4. The molecule has 0 unspecified atom stereocenters. The number of benzene rings is 1. The molecule has 0 fully saturated rings. The zero-order chi connectivity index (χ0) is 38.5. The van der Waals surface area contributed by atoms with Gasteiger partial charge in [0.1, 0.15) is 18.1 Å². The van der Waals surface area contributed by atoms with Crippen molar-refractivity contribution in [2.45, 2.75) is 137 Å². The standard InChI is InChI=1S/C38H64N6O7/c1-9-15-30(42-38(51)34(26(7)10-2)43-31(45)18-14-19-32(46)47)36(49)41-29(22-24(3)4)23-40-27(8)35(48)44-33(25(5)6)37(50)39-21-20-28-16-12-11-13-17-28/h11-13,16-17,24-27,29-30,33-34,40H,9-10,14-15,18-23H2,1-8H3,(H,39,50)(H,41,49)(H,42,51)(H,43,45)(H,44,48)(H,46,47)/t26-,27-,29-,30-,33-,34-/m0/s1. The van der Waals surface area contributed by atoms with Crippen LogP contribution in [0.4, 0.5) is 0 Å². The minimum absolute atomic E-state index is 0.0220. The van der Waals surface area contributed by atoms with Crippen molar-refractivity contribution in [3.8, 4) is 0 Å². The fourth-order valence-electron chi connectivity index (χ4n) is 5.54. The highest BCUT2D eigenvalue weighted by Gasteiger charge is 2.31. The third-order valence-electron chi connectivity index (χ3n) is 8.79. The zero-order valence-corrected chi connectivity index (χ0v) is 32.0. The summed E-state index contributed by atoms with van der Waals surface area (Å²) in [7, 11) is 0. The van der Waals surface area contributed by atoms with Crippen LogP contribution in [-0.2, 0) is 35.2 Å². The lowest BCUT2D eigenvalue weighted by Gasteiger charge is -2.29. The number of hydrogen-bond donors (Lipinski definition) is 7. The number of rotatable bonds is 25. The van der Waals surface area contributed by atoms with E-state index in [-0.39, 0.29) is 67.3 Å². The zero-order valence-electron chi connectivity index (χ0n) is 32.0. The van der Waals surface area contributed by atoms with E-state index in [1.807, 2.05) is 78.8 Å². The average molecular weight is 717 g/mol. The van der Waals surface area contributed by atoms with Crippen molar-refractivity contribution in [2.75, 3.05) is 13.1 Å². The van der Waals surface area contributed by atoms with Gasteiger partial charge < -0.3 is 37.0 Å². The third kappa shape index (κ3) is 18.2.